The van der Waals surface area contributed by atoms with Crippen molar-refractivity contribution < 1.29 is 23.5 Å². The molecular formula is C25H27N5O5. The molecule has 3 heterocycles. The van der Waals surface area contributed by atoms with Gasteiger partial charge in [0.05, 0.1) is 32.8 Å². The van der Waals surface area contributed by atoms with Gasteiger partial charge in [0.25, 0.3) is 11.8 Å². The lowest BCUT2D eigenvalue weighted by atomic mass is 9.93. The molecule has 2 N–H and O–H groups in total. The van der Waals surface area contributed by atoms with E-state index in [2.05, 4.69) is 15.6 Å². The number of hydrogen-bond donors (Lipinski definition) is 2. The predicted octanol–water partition coefficient (Wildman–Crippen LogP) is 2.11. The minimum atomic E-state index is -1.11. The second kappa shape index (κ2) is 8.94. The van der Waals surface area contributed by atoms with Crippen LogP contribution in [0.15, 0.2) is 53.4 Å². The molecule has 5 rings (SSSR count). The number of ether oxygens (including phenoxy) is 1. The minimum Gasteiger partial charge on any atom is -0.497 e. The number of rotatable bonds is 8. The van der Waals surface area contributed by atoms with Crippen LogP contribution in [-0.4, -0.2) is 50.9 Å². The molecule has 0 spiro atoms. The van der Waals surface area contributed by atoms with E-state index in [1.54, 1.807) is 35.6 Å². The van der Waals surface area contributed by atoms with Gasteiger partial charge in [-0.3, -0.25) is 14.4 Å². The first kappa shape index (κ1) is 22.7. The Bertz CT molecular complexity index is 1250. The quantitative estimate of drug-likeness (QED) is 0.513. The summed E-state index contributed by atoms with van der Waals surface area (Å²) in [7, 11) is 1.60. The minimum absolute atomic E-state index is 0.0399. The number of methoxy groups -OCH3 is 1. The number of furan rings is 1. The predicted molar refractivity (Wildman–Crippen MR) is 125 cm³/mol. The maximum atomic E-state index is 13.7. The van der Waals surface area contributed by atoms with E-state index in [9.17, 15) is 14.4 Å². The van der Waals surface area contributed by atoms with Gasteiger partial charge in [-0.25, -0.2) is 4.98 Å². The van der Waals surface area contributed by atoms with Gasteiger partial charge in [-0.1, -0.05) is 12.1 Å². The monoisotopic (exact) mass is 477 g/mol. The molecule has 3 amide bonds. The molecule has 1 aliphatic heterocycles. The SMILES string of the molecule is COc1ccc(CNC(=O)[C@@]2(C)Cn3cnc(C(=O)NCc4ccco4)c3C(=O)N2C2CC2)cc1. The molecule has 1 aliphatic carbocycles. The lowest BCUT2D eigenvalue weighted by Gasteiger charge is -2.44. The summed E-state index contributed by atoms with van der Waals surface area (Å²) < 4.78 is 12.0. The zero-order valence-corrected chi connectivity index (χ0v) is 19.6. The second-order valence-corrected chi connectivity index (χ2v) is 9.04. The summed E-state index contributed by atoms with van der Waals surface area (Å²) >= 11 is 0. The molecule has 10 nitrogen and oxygen atoms in total. The number of carbonyl (C=O) groups excluding carboxylic acids is 3. The van der Waals surface area contributed by atoms with Crippen LogP contribution in [-0.2, 0) is 24.4 Å². The number of nitrogens with zero attached hydrogens (tertiary/aromatic N) is 3. The highest BCUT2D eigenvalue weighted by Crippen LogP contribution is 2.38. The van der Waals surface area contributed by atoms with Crippen LogP contribution in [0.3, 0.4) is 0 Å². The first-order valence-corrected chi connectivity index (χ1v) is 11.5. The van der Waals surface area contributed by atoms with E-state index in [-0.39, 0.29) is 42.3 Å². The Morgan fingerprint density at radius 2 is 1.94 bits per heavy atom. The third kappa shape index (κ3) is 4.27. The van der Waals surface area contributed by atoms with Gasteiger partial charge in [-0.05, 0) is 49.6 Å². The van der Waals surface area contributed by atoms with Crippen LogP contribution in [0.1, 0.15) is 52.1 Å². The van der Waals surface area contributed by atoms with Crippen LogP contribution in [0.4, 0.5) is 0 Å². The largest absolute Gasteiger partial charge is 0.497 e. The van der Waals surface area contributed by atoms with Crippen LogP contribution in [0.5, 0.6) is 5.75 Å². The van der Waals surface area contributed by atoms with Crippen LogP contribution >= 0.6 is 0 Å². The molecule has 35 heavy (non-hydrogen) atoms. The van der Waals surface area contributed by atoms with Gasteiger partial charge in [0.2, 0.25) is 5.91 Å². The third-order valence-electron chi connectivity index (χ3n) is 6.50. The smallest absolute Gasteiger partial charge is 0.274 e. The summed E-state index contributed by atoms with van der Waals surface area (Å²) in [5.41, 5.74) is 0.0595. The van der Waals surface area contributed by atoms with E-state index < -0.39 is 11.4 Å². The normalized spacial score (nSPS) is 19.3. The molecule has 10 heteroatoms. The third-order valence-corrected chi connectivity index (χ3v) is 6.50. The van der Waals surface area contributed by atoms with Gasteiger partial charge >= 0.3 is 0 Å². The van der Waals surface area contributed by atoms with Gasteiger partial charge in [0, 0.05) is 12.6 Å². The molecule has 0 radical (unpaired) electrons. The molecule has 0 bridgehead atoms. The number of benzene rings is 1. The van der Waals surface area contributed by atoms with Gasteiger partial charge in [-0.2, -0.15) is 0 Å². The molecule has 0 saturated heterocycles. The van der Waals surface area contributed by atoms with E-state index in [1.165, 1.54) is 12.6 Å². The molecule has 1 aromatic carbocycles. The number of imidazole rings is 1. The molecule has 3 aromatic rings. The standard InChI is InChI=1S/C25H27N5O5/c1-25(24(33)27-12-16-5-9-18(34-2)10-6-16)14-29-15-28-20(21(29)23(32)30(25)17-7-8-17)22(31)26-13-19-4-3-11-35-19/h3-6,9-11,15,17H,7-8,12-14H2,1-2H3,(H,26,31)(H,27,33)/t25-/m1/s1. The van der Waals surface area contributed by atoms with Crippen molar-refractivity contribution >= 4 is 17.7 Å². The average molecular weight is 478 g/mol. The van der Waals surface area contributed by atoms with E-state index in [1.807, 2.05) is 24.3 Å². The van der Waals surface area contributed by atoms with Crippen molar-refractivity contribution in [3.05, 3.63) is 71.7 Å². The van der Waals surface area contributed by atoms with Crippen LogP contribution in [0.2, 0.25) is 0 Å². The van der Waals surface area contributed by atoms with Crippen molar-refractivity contribution in [2.45, 2.75) is 51.0 Å². The fourth-order valence-electron chi connectivity index (χ4n) is 4.50. The summed E-state index contributed by atoms with van der Waals surface area (Å²) in [6, 6.07) is 10.9. The Hall–Kier alpha value is -4.08. The van der Waals surface area contributed by atoms with Crippen molar-refractivity contribution in [1.82, 2.24) is 25.1 Å². The fraction of sp³-hybridized carbons (Fsp3) is 0.360. The molecule has 182 valence electrons. The van der Waals surface area contributed by atoms with Gasteiger partial charge in [0.15, 0.2) is 5.69 Å². The van der Waals surface area contributed by atoms with Gasteiger partial charge < -0.3 is 29.3 Å². The Morgan fingerprint density at radius 1 is 1.17 bits per heavy atom. The highest BCUT2D eigenvalue weighted by atomic mass is 16.5. The first-order valence-electron chi connectivity index (χ1n) is 11.5. The summed E-state index contributed by atoms with van der Waals surface area (Å²) in [6.45, 7) is 2.48. The van der Waals surface area contributed by atoms with E-state index in [0.29, 0.717) is 12.3 Å². The summed E-state index contributed by atoms with van der Waals surface area (Å²) in [5.74, 6) is 0.255. The van der Waals surface area contributed by atoms with E-state index in [4.69, 9.17) is 9.15 Å². The summed E-state index contributed by atoms with van der Waals surface area (Å²) in [4.78, 5) is 45.8. The van der Waals surface area contributed by atoms with Crippen molar-refractivity contribution in [2.24, 2.45) is 0 Å². The van der Waals surface area contributed by atoms with Crippen LogP contribution in [0, 0.1) is 0 Å². The van der Waals surface area contributed by atoms with E-state index in [0.717, 1.165) is 24.2 Å². The second-order valence-electron chi connectivity index (χ2n) is 9.04. The van der Waals surface area contributed by atoms with Crippen molar-refractivity contribution in [3.63, 3.8) is 0 Å². The van der Waals surface area contributed by atoms with Crippen molar-refractivity contribution in [3.8, 4) is 5.75 Å². The number of amides is 3. The molecule has 1 fully saturated rings. The average Bonchev–Trinajstić information content (AvgIpc) is 3.37. The Morgan fingerprint density at radius 3 is 2.60 bits per heavy atom. The number of nitrogens with one attached hydrogen (secondary N) is 2. The molecular weight excluding hydrogens is 450 g/mol. The van der Waals surface area contributed by atoms with Crippen molar-refractivity contribution in [2.75, 3.05) is 7.11 Å². The number of hydrogen-bond acceptors (Lipinski definition) is 6. The maximum absolute atomic E-state index is 13.7. The number of aromatic nitrogens is 2. The highest BCUT2D eigenvalue weighted by molar-refractivity contribution is 6.07. The molecule has 1 saturated carbocycles. The highest BCUT2D eigenvalue weighted by Gasteiger charge is 2.53. The number of fused-ring (bicyclic) bond motifs is 1. The van der Waals surface area contributed by atoms with Crippen LogP contribution < -0.4 is 15.4 Å². The molecule has 2 aromatic heterocycles. The topological polar surface area (TPSA) is 119 Å². The lowest BCUT2D eigenvalue weighted by molar-refractivity contribution is -0.133. The van der Waals surface area contributed by atoms with Gasteiger partial charge in [-0.15, -0.1) is 0 Å². The van der Waals surface area contributed by atoms with Crippen LogP contribution in [0.25, 0.3) is 0 Å². The first-order chi connectivity index (χ1) is 16.9. The zero-order chi connectivity index (χ0) is 24.6. The summed E-state index contributed by atoms with van der Waals surface area (Å²) in [5, 5.41) is 5.72. The Kier molecular flexibility index (Phi) is 5.80. The van der Waals surface area contributed by atoms with Crippen molar-refractivity contribution in [1.29, 1.82) is 0 Å². The Balaban J connectivity index is 1.35. The molecule has 1 atom stereocenters. The number of carbonyl (C=O) groups is 3. The molecule has 2 aliphatic rings. The fourth-order valence-corrected chi connectivity index (χ4v) is 4.50. The van der Waals surface area contributed by atoms with Gasteiger partial charge in [0.1, 0.15) is 22.7 Å². The van der Waals surface area contributed by atoms with E-state index >= 15 is 0 Å². The Labute approximate surface area is 202 Å². The maximum Gasteiger partial charge on any atom is 0.274 e. The molecule has 0 unspecified atom stereocenters. The summed E-state index contributed by atoms with van der Waals surface area (Å²) in [6.07, 6.45) is 4.62. The lowest BCUT2D eigenvalue weighted by Crippen LogP contribution is -2.64. The zero-order valence-electron chi connectivity index (χ0n) is 19.6.